The summed E-state index contributed by atoms with van der Waals surface area (Å²) in [7, 11) is 1.69. The zero-order valence-electron chi connectivity index (χ0n) is 11.9. The number of benzene rings is 1. The van der Waals surface area contributed by atoms with Crippen LogP contribution in [0.2, 0.25) is 0 Å². The van der Waals surface area contributed by atoms with Gasteiger partial charge in [0, 0.05) is 19.1 Å². The number of amides is 1. The maximum absolute atomic E-state index is 11.9. The minimum atomic E-state index is -0.346. The van der Waals surface area contributed by atoms with E-state index in [1.54, 1.807) is 7.11 Å². The van der Waals surface area contributed by atoms with Crippen LogP contribution in [0.15, 0.2) is 30.3 Å². The molecule has 1 N–H and O–H groups in total. The van der Waals surface area contributed by atoms with Gasteiger partial charge in [-0.3, -0.25) is 0 Å². The Hall–Kier alpha value is -1.55. The van der Waals surface area contributed by atoms with Crippen LogP contribution in [0.1, 0.15) is 24.8 Å². The molecule has 1 aliphatic carbocycles. The molecule has 1 aromatic rings. The van der Waals surface area contributed by atoms with E-state index in [4.69, 9.17) is 9.47 Å². The van der Waals surface area contributed by atoms with Crippen LogP contribution in [0.4, 0.5) is 4.79 Å². The van der Waals surface area contributed by atoms with Gasteiger partial charge in [-0.25, -0.2) is 4.79 Å². The fourth-order valence-corrected chi connectivity index (χ4v) is 2.53. The van der Waals surface area contributed by atoms with Gasteiger partial charge in [-0.05, 0) is 31.2 Å². The van der Waals surface area contributed by atoms with Gasteiger partial charge in [0.2, 0.25) is 0 Å². The Kier molecular flexibility index (Phi) is 5.87. The van der Waals surface area contributed by atoms with Crippen molar-refractivity contribution in [3.05, 3.63) is 42.3 Å². The highest BCUT2D eigenvalue weighted by Crippen LogP contribution is 2.24. The normalized spacial score (nSPS) is 22.2. The summed E-state index contributed by atoms with van der Waals surface area (Å²) in [6.45, 7) is 0.973. The van der Waals surface area contributed by atoms with Crippen molar-refractivity contribution in [2.45, 2.75) is 31.9 Å². The lowest BCUT2D eigenvalue weighted by atomic mass is 9.85. The van der Waals surface area contributed by atoms with Gasteiger partial charge in [0.15, 0.2) is 0 Å². The minimum absolute atomic E-state index is 0.142. The molecule has 109 valence electrons. The predicted molar refractivity (Wildman–Crippen MR) is 77.1 cm³/mol. The molecule has 1 unspecified atom stereocenters. The van der Waals surface area contributed by atoms with Crippen LogP contribution in [-0.2, 0) is 16.1 Å². The molecule has 0 bridgehead atoms. The predicted octanol–water partition coefficient (Wildman–Crippen LogP) is 2.93. The molecule has 0 aromatic heterocycles. The zero-order valence-corrected chi connectivity index (χ0v) is 11.9. The third-order valence-corrected chi connectivity index (χ3v) is 3.62. The molecule has 4 nitrogen and oxygen atoms in total. The molecular weight excluding hydrogens is 254 g/mol. The smallest absolute Gasteiger partial charge is 0.407 e. The lowest BCUT2D eigenvalue weighted by molar-refractivity contribution is 0.102. The first-order chi connectivity index (χ1) is 9.79. The van der Waals surface area contributed by atoms with Gasteiger partial charge < -0.3 is 14.8 Å². The SMILES string of the molecule is COCC1C[CH]CC[C@@H]1NC(=O)OCc1ccccc1. The standard InChI is InChI=1S/C16H22NO3/c1-19-12-14-9-5-6-10-15(14)17-16(18)20-11-13-7-3-2-4-8-13/h2-5,7-8,14-15H,6,9-12H2,1H3,(H,17,18)/t14?,15-/m0/s1. The van der Waals surface area contributed by atoms with Crippen molar-refractivity contribution < 1.29 is 14.3 Å². The number of ether oxygens (including phenoxy) is 2. The summed E-state index contributed by atoms with van der Waals surface area (Å²) in [6.07, 6.45) is 4.88. The monoisotopic (exact) mass is 276 g/mol. The third-order valence-electron chi connectivity index (χ3n) is 3.62. The molecule has 1 aliphatic rings. The van der Waals surface area contributed by atoms with Gasteiger partial charge in [0.05, 0.1) is 6.61 Å². The first kappa shape index (κ1) is 14.9. The highest BCUT2D eigenvalue weighted by atomic mass is 16.5. The van der Waals surface area contributed by atoms with E-state index in [1.165, 1.54) is 0 Å². The minimum Gasteiger partial charge on any atom is -0.445 e. The fourth-order valence-electron chi connectivity index (χ4n) is 2.53. The fraction of sp³-hybridized carbons (Fsp3) is 0.500. The molecule has 1 aromatic carbocycles. The summed E-state index contributed by atoms with van der Waals surface area (Å²) in [5.41, 5.74) is 0.994. The number of carbonyl (C=O) groups excluding carboxylic acids is 1. The van der Waals surface area contributed by atoms with Crippen molar-refractivity contribution in [2.24, 2.45) is 5.92 Å². The van der Waals surface area contributed by atoms with Crippen LogP contribution in [0.5, 0.6) is 0 Å². The maximum Gasteiger partial charge on any atom is 0.407 e. The zero-order chi connectivity index (χ0) is 14.2. The van der Waals surface area contributed by atoms with Gasteiger partial charge >= 0.3 is 6.09 Å². The second-order valence-electron chi connectivity index (χ2n) is 5.13. The van der Waals surface area contributed by atoms with E-state index >= 15 is 0 Å². The molecule has 0 saturated heterocycles. The van der Waals surface area contributed by atoms with Crippen LogP contribution in [0.25, 0.3) is 0 Å². The second kappa shape index (κ2) is 7.90. The molecule has 1 amide bonds. The number of rotatable bonds is 5. The van der Waals surface area contributed by atoms with Crippen molar-refractivity contribution in [2.75, 3.05) is 13.7 Å². The Balaban J connectivity index is 1.78. The molecule has 0 aliphatic heterocycles. The highest BCUT2D eigenvalue weighted by Gasteiger charge is 2.26. The van der Waals surface area contributed by atoms with E-state index in [0.717, 1.165) is 24.8 Å². The lowest BCUT2D eigenvalue weighted by Crippen LogP contribution is -2.43. The molecule has 4 heteroatoms. The molecule has 0 spiro atoms. The molecular formula is C16H22NO3. The first-order valence-electron chi connectivity index (χ1n) is 7.07. The summed E-state index contributed by atoms with van der Waals surface area (Å²) in [4.78, 5) is 11.9. The number of hydrogen-bond acceptors (Lipinski definition) is 3. The Labute approximate surface area is 120 Å². The molecule has 20 heavy (non-hydrogen) atoms. The number of methoxy groups -OCH3 is 1. The maximum atomic E-state index is 11.9. The summed E-state index contributed by atoms with van der Waals surface area (Å²) < 4.78 is 10.5. The third kappa shape index (κ3) is 4.53. The summed E-state index contributed by atoms with van der Waals surface area (Å²) >= 11 is 0. The number of carbonyl (C=O) groups is 1. The van der Waals surface area contributed by atoms with Crippen LogP contribution in [-0.4, -0.2) is 25.9 Å². The van der Waals surface area contributed by atoms with Crippen molar-refractivity contribution in [3.8, 4) is 0 Å². The highest BCUT2D eigenvalue weighted by molar-refractivity contribution is 5.67. The van der Waals surface area contributed by atoms with Crippen LogP contribution < -0.4 is 5.32 Å². The van der Waals surface area contributed by atoms with Gasteiger partial charge in [-0.2, -0.15) is 0 Å². The molecule has 2 atom stereocenters. The number of nitrogens with one attached hydrogen (secondary N) is 1. The Morgan fingerprint density at radius 1 is 1.35 bits per heavy atom. The Morgan fingerprint density at radius 2 is 2.15 bits per heavy atom. The second-order valence-corrected chi connectivity index (χ2v) is 5.13. The van der Waals surface area contributed by atoms with Crippen molar-refractivity contribution in [1.29, 1.82) is 0 Å². The van der Waals surface area contributed by atoms with Crippen molar-refractivity contribution in [3.63, 3.8) is 0 Å². The largest absolute Gasteiger partial charge is 0.445 e. The van der Waals surface area contributed by atoms with E-state index in [2.05, 4.69) is 11.7 Å². The summed E-state index contributed by atoms with van der Waals surface area (Å²) in [6, 6.07) is 9.83. The van der Waals surface area contributed by atoms with E-state index in [1.807, 2.05) is 30.3 Å². The first-order valence-corrected chi connectivity index (χ1v) is 7.07. The van der Waals surface area contributed by atoms with Crippen LogP contribution in [0.3, 0.4) is 0 Å². The Bertz CT molecular complexity index is 405. The van der Waals surface area contributed by atoms with E-state index in [-0.39, 0.29) is 12.1 Å². The number of hydrogen-bond donors (Lipinski definition) is 1. The quantitative estimate of drug-likeness (QED) is 0.899. The summed E-state index contributed by atoms with van der Waals surface area (Å²) in [5.74, 6) is 0.345. The van der Waals surface area contributed by atoms with E-state index < -0.39 is 0 Å². The average Bonchev–Trinajstić information content (AvgIpc) is 2.49. The van der Waals surface area contributed by atoms with Crippen LogP contribution >= 0.6 is 0 Å². The van der Waals surface area contributed by atoms with Crippen LogP contribution in [0, 0.1) is 12.3 Å². The lowest BCUT2D eigenvalue weighted by Gasteiger charge is -2.31. The number of alkyl carbamates (subject to hydrolysis) is 1. The van der Waals surface area contributed by atoms with E-state index in [0.29, 0.717) is 19.1 Å². The topological polar surface area (TPSA) is 47.6 Å². The van der Waals surface area contributed by atoms with Gasteiger partial charge in [0.1, 0.15) is 6.61 Å². The van der Waals surface area contributed by atoms with Gasteiger partial charge in [-0.15, -0.1) is 0 Å². The van der Waals surface area contributed by atoms with Crippen molar-refractivity contribution in [1.82, 2.24) is 5.32 Å². The molecule has 1 fully saturated rings. The molecule has 2 rings (SSSR count). The summed E-state index contributed by atoms with van der Waals surface area (Å²) in [5, 5.41) is 2.96. The van der Waals surface area contributed by atoms with Crippen molar-refractivity contribution >= 4 is 6.09 Å². The van der Waals surface area contributed by atoms with E-state index in [9.17, 15) is 4.79 Å². The van der Waals surface area contributed by atoms with Gasteiger partial charge in [-0.1, -0.05) is 30.3 Å². The molecule has 1 saturated carbocycles. The average molecular weight is 276 g/mol. The Morgan fingerprint density at radius 3 is 2.90 bits per heavy atom. The molecule has 1 radical (unpaired) electrons. The van der Waals surface area contributed by atoms with Gasteiger partial charge in [0.25, 0.3) is 0 Å². The molecule has 0 heterocycles.